The normalized spacial score (nSPS) is 14.5. The fourth-order valence-electron chi connectivity index (χ4n) is 11.2. The second-order valence-electron chi connectivity index (χ2n) is 27.9. The van der Waals surface area contributed by atoms with Crippen LogP contribution in [0, 0.1) is 0 Å². The van der Waals surface area contributed by atoms with E-state index in [-0.39, 0.29) is 19.3 Å². The van der Waals surface area contributed by atoms with Crippen LogP contribution in [0.4, 0.5) is 0 Å². The molecule has 0 saturated carbocycles. The minimum Gasteiger partial charge on any atom is -0.463 e. The molecule has 606 valence electrons. The Morgan fingerprint density at radius 2 is 0.476 bits per heavy atom. The van der Waals surface area contributed by atoms with Gasteiger partial charge in [0.05, 0.1) is 26.4 Å². The van der Waals surface area contributed by atoms with E-state index in [1.807, 2.05) is 0 Å². The van der Waals surface area contributed by atoms with Gasteiger partial charge in [-0.25, -0.2) is 9.13 Å². The minimum absolute atomic E-state index is 0.0859. The zero-order valence-electron chi connectivity index (χ0n) is 66.4. The van der Waals surface area contributed by atoms with E-state index in [4.69, 9.17) is 32.3 Å². The van der Waals surface area contributed by atoms with Crippen molar-refractivity contribution in [2.75, 3.05) is 39.6 Å². The Kier molecular flexibility index (Phi) is 76.4. The van der Waals surface area contributed by atoms with Gasteiger partial charge >= 0.3 is 33.6 Å². The Bertz CT molecular complexity index is 2390. The maximum Gasteiger partial charge on any atom is 0.472 e. The zero-order chi connectivity index (χ0) is 76.6. The molecule has 0 aliphatic rings. The van der Waals surface area contributed by atoms with Gasteiger partial charge in [-0.05, 0) is 141 Å². The Hall–Kier alpha value is -4.05. The molecule has 0 amide bonds. The molecule has 0 spiro atoms. The van der Waals surface area contributed by atoms with Crippen molar-refractivity contribution in [1.82, 2.24) is 0 Å². The molecule has 0 saturated heterocycles. The summed E-state index contributed by atoms with van der Waals surface area (Å²) in [6.07, 6.45) is 95.3. The number of hydrogen-bond acceptors (Lipinski definition) is 14. The first-order valence-electron chi connectivity index (χ1n) is 41.8. The van der Waals surface area contributed by atoms with Crippen LogP contribution in [0.2, 0.25) is 0 Å². The molecule has 0 aromatic rings. The number of hydrogen-bond donors (Lipinski definition) is 4. The number of phosphoric acid groups is 2. The van der Waals surface area contributed by atoms with E-state index >= 15 is 0 Å². The molecule has 16 nitrogen and oxygen atoms in total. The average Bonchev–Trinajstić information content (AvgIpc) is 0.913. The molecule has 0 bridgehead atoms. The molecule has 18 heteroatoms. The van der Waals surface area contributed by atoms with Gasteiger partial charge in [0.2, 0.25) is 0 Å². The summed E-state index contributed by atoms with van der Waals surface area (Å²) in [5.41, 5.74) is 0. The summed E-state index contributed by atoms with van der Waals surface area (Å²) in [4.78, 5) is 58.7. The number of rotatable bonds is 79. The number of phosphoric ester groups is 2. The molecular weight excluding hydrogens is 1360 g/mol. The van der Waals surface area contributed by atoms with Crippen molar-refractivity contribution in [2.24, 2.45) is 0 Å². The van der Waals surface area contributed by atoms with E-state index in [0.29, 0.717) is 19.3 Å². The highest BCUT2D eigenvalue weighted by molar-refractivity contribution is 7.47. The molecule has 4 N–H and O–H groups in total. The highest BCUT2D eigenvalue weighted by Crippen LogP contribution is 2.45. The number of unbranched alkanes of at least 4 members (excludes halogenated alkanes) is 36. The zero-order valence-corrected chi connectivity index (χ0v) is 68.2. The molecule has 0 aromatic heterocycles. The second-order valence-corrected chi connectivity index (χ2v) is 30.8. The van der Waals surface area contributed by atoms with Crippen LogP contribution >= 0.6 is 15.6 Å². The van der Waals surface area contributed by atoms with Crippen molar-refractivity contribution in [2.45, 2.75) is 373 Å². The van der Waals surface area contributed by atoms with Gasteiger partial charge in [-0.15, -0.1) is 0 Å². The first-order chi connectivity index (χ1) is 51.2. The summed E-state index contributed by atoms with van der Waals surface area (Å²) in [6.45, 7) is 2.61. The van der Waals surface area contributed by atoms with E-state index in [1.54, 1.807) is 0 Å². The van der Waals surface area contributed by atoms with Gasteiger partial charge in [0, 0.05) is 19.3 Å². The lowest BCUT2D eigenvalue weighted by atomic mass is 10.0. The first-order valence-corrected chi connectivity index (χ1v) is 44.8. The largest absolute Gasteiger partial charge is 0.472 e. The van der Waals surface area contributed by atoms with Crippen LogP contribution in [0.5, 0.6) is 0 Å². The molecular formula is C87H152O16P2. The highest BCUT2D eigenvalue weighted by Gasteiger charge is 2.29. The average molecular weight is 1520 g/mol. The fourth-order valence-corrected chi connectivity index (χ4v) is 12.8. The third kappa shape index (κ3) is 80.8. The summed E-state index contributed by atoms with van der Waals surface area (Å²) in [7, 11) is -9.80. The molecule has 0 fully saturated rings. The molecule has 0 heterocycles. The predicted molar refractivity (Wildman–Crippen MR) is 436 cm³/mol. The number of aliphatic hydroxyl groups excluding tert-OH is 2. The monoisotopic (exact) mass is 1520 g/mol. The number of carbonyl (C=O) groups excluding carboxylic acids is 3. The van der Waals surface area contributed by atoms with Gasteiger partial charge in [0.25, 0.3) is 0 Å². The lowest BCUT2D eigenvalue weighted by molar-refractivity contribution is -0.161. The smallest absolute Gasteiger partial charge is 0.463 e. The lowest BCUT2D eigenvalue weighted by Crippen LogP contribution is -2.30. The summed E-state index contributed by atoms with van der Waals surface area (Å²) < 4.78 is 61.2. The van der Waals surface area contributed by atoms with Crippen LogP contribution in [0.1, 0.15) is 355 Å². The molecule has 0 aliphatic carbocycles. The number of aliphatic hydroxyl groups is 2. The van der Waals surface area contributed by atoms with Crippen molar-refractivity contribution >= 4 is 33.6 Å². The summed E-state index contributed by atoms with van der Waals surface area (Å²) >= 11 is 0. The SMILES string of the molecule is CCCCC/C=C\C/C=C\C/C=C\C/C=C\CCCCCCCCCCCCCCCC(=O)OCC(O)COP(=O)(O)OCC(O)COP(=O)(O)OCC(COC(=O)CCCCCCCCCCC/C=C\C/C=C\C/C=C\C/C=C\CCCCC)OC(=O)CCCCCCC/C=C\C/C=C\CCCCC. The lowest BCUT2D eigenvalue weighted by Gasteiger charge is -2.21. The van der Waals surface area contributed by atoms with E-state index in [9.17, 15) is 43.5 Å². The first kappa shape index (κ1) is 101. The topological polar surface area (TPSA) is 231 Å². The van der Waals surface area contributed by atoms with Crippen LogP contribution in [0.3, 0.4) is 0 Å². The quantitative estimate of drug-likeness (QED) is 0.0146. The van der Waals surface area contributed by atoms with Gasteiger partial charge in [-0.3, -0.25) is 32.5 Å². The molecule has 0 aromatic carbocycles. The highest BCUT2D eigenvalue weighted by atomic mass is 31.2. The predicted octanol–water partition coefficient (Wildman–Crippen LogP) is 24.9. The summed E-state index contributed by atoms with van der Waals surface area (Å²) in [5.74, 6) is -1.59. The van der Waals surface area contributed by atoms with Gasteiger partial charge in [0.1, 0.15) is 25.4 Å². The standard InChI is InChI=1S/C87H152O16P2/c1-4-7-10-13-16-19-22-25-28-30-32-34-36-38-39-40-41-43-45-46-48-50-53-55-58-61-64-67-70-73-85(90)97-76-82(88)77-99-104(93,94)100-78-83(89)79-101-105(95,96)102-81-84(103-87(92)75-72-69-66-63-60-57-52-27-24-21-18-15-12-9-6-3)80-98-86(91)74-71-68-65-62-59-56-54-51-49-47-44-42-37-35-33-31-29-26-23-20-17-14-11-8-5-2/h16-21,25-29,32-35,38-39,42,44,52,82-84,88-89H,4-15,22-24,30-31,36-37,40-41,43,45-51,53-81H2,1-3H3,(H,93,94)(H,95,96)/b19-16-,20-17-,21-18-,28-25-,29-26-,34-32-,35-33-,39-38-,44-42-,52-27-. The van der Waals surface area contributed by atoms with E-state index in [2.05, 4.69) is 142 Å². The van der Waals surface area contributed by atoms with Gasteiger partial charge in [-0.1, -0.05) is 316 Å². The fraction of sp³-hybridized carbons (Fsp3) is 0.736. The van der Waals surface area contributed by atoms with Crippen LogP contribution in [-0.2, 0) is 55.8 Å². The summed E-state index contributed by atoms with van der Waals surface area (Å²) in [6, 6.07) is 0. The molecule has 5 atom stereocenters. The van der Waals surface area contributed by atoms with Crippen LogP contribution < -0.4 is 0 Å². The summed E-state index contributed by atoms with van der Waals surface area (Å²) in [5, 5.41) is 20.7. The molecule has 0 aliphatic heterocycles. The van der Waals surface area contributed by atoms with Gasteiger partial charge in [0.15, 0.2) is 6.10 Å². The Balaban J connectivity index is 4.54. The van der Waals surface area contributed by atoms with Gasteiger partial charge in [-0.2, -0.15) is 0 Å². The van der Waals surface area contributed by atoms with E-state index in [1.165, 1.54) is 154 Å². The molecule has 0 rings (SSSR count). The third-order valence-electron chi connectivity index (χ3n) is 17.6. The van der Waals surface area contributed by atoms with Crippen molar-refractivity contribution in [1.29, 1.82) is 0 Å². The Labute approximate surface area is 640 Å². The maximum absolute atomic E-state index is 13.0. The van der Waals surface area contributed by atoms with Gasteiger partial charge < -0.3 is 34.2 Å². The van der Waals surface area contributed by atoms with Crippen molar-refractivity contribution in [3.05, 3.63) is 122 Å². The van der Waals surface area contributed by atoms with Crippen molar-refractivity contribution in [3.63, 3.8) is 0 Å². The van der Waals surface area contributed by atoms with Crippen LogP contribution in [0.25, 0.3) is 0 Å². The van der Waals surface area contributed by atoms with E-state index < -0.39 is 91.5 Å². The minimum atomic E-state index is -4.94. The molecule has 105 heavy (non-hydrogen) atoms. The third-order valence-corrected chi connectivity index (χ3v) is 19.5. The number of esters is 3. The van der Waals surface area contributed by atoms with Crippen LogP contribution in [-0.4, -0.2) is 95.9 Å². The van der Waals surface area contributed by atoms with Crippen molar-refractivity contribution in [3.8, 4) is 0 Å². The van der Waals surface area contributed by atoms with Crippen LogP contribution in [0.15, 0.2) is 122 Å². The molecule has 5 unspecified atom stereocenters. The number of allylic oxidation sites excluding steroid dienone is 20. The molecule has 0 radical (unpaired) electrons. The Morgan fingerprint density at radius 3 is 0.752 bits per heavy atom. The van der Waals surface area contributed by atoms with E-state index in [0.717, 1.165) is 141 Å². The Morgan fingerprint density at radius 1 is 0.267 bits per heavy atom. The maximum atomic E-state index is 13.0. The number of carbonyl (C=O) groups is 3. The second kappa shape index (κ2) is 79.5. The number of ether oxygens (including phenoxy) is 3. The van der Waals surface area contributed by atoms with Crippen molar-refractivity contribution < 1.29 is 75.8 Å².